The van der Waals surface area contributed by atoms with Gasteiger partial charge in [-0.15, -0.1) is 12.4 Å². The minimum Gasteiger partial charge on any atom is -0.316 e. The summed E-state index contributed by atoms with van der Waals surface area (Å²) in [5, 5.41) is 4.34. The highest BCUT2D eigenvalue weighted by Crippen LogP contribution is 2.41. The molecule has 0 spiro atoms. The van der Waals surface area contributed by atoms with Gasteiger partial charge in [0, 0.05) is 17.0 Å². The number of halogens is 2. The van der Waals surface area contributed by atoms with Crippen LogP contribution in [0.3, 0.4) is 0 Å². The standard InChI is InChI=1S/C14H16ClN.ClH/c1-16-14-9-3-2-4-13(14)12-6-5-11(15)8-10(12)7-9;/h2-3,5-6,8-9,13-14,16H,4,7H2,1H3;1H/t9-,13-,14+;/m1./s1. The van der Waals surface area contributed by atoms with Crippen molar-refractivity contribution < 1.29 is 0 Å². The summed E-state index contributed by atoms with van der Waals surface area (Å²) in [6.45, 7) is 0. The molecule has 2 aliphatic carbocycles. The molecule has 0 amide bonds. The lowest BCUT2D eigenvalue weighted by molar-refractivity contribution is 0.330. The Kier molecular flexibility index (Phi) is 3.82. The van der Waals surface area contributed by atoms with Gasteiger partial charge in [-0.05, 0) is 49.1 Å². The van der Waals surface area contributed by atoms with Gasteiger partial charge < -0.3 is 5.32 Å². The van der Waals surface area contributed by atoms with E-state index in [2.05, 4.69) is 36.6 Å². The molecule has 17 heavy (non-hydrogen) atoms. The van der Waals surface area contributed by atoms with Crippen LogP contribution in [0.15, 0.2) is 30.4 Å². The molecule has 92 valence electrons. The molecule has 0 saturated heterocycles. The number of benzene rings is 1. The maximum Gasteiger partial charge on any atom is 0.0408 e. The van der Waals surface area contributed by atoms with E-state index in [0.29, 0.717) is 17.9 Å². The first-order valence-corrected chi connectivity index (χ1v) is 6.29. The van der Waals surface area contributed by atoms with Gasteiger partial charge in [-0.2, -0.15) is 0 Å². The lowest BCUT2D eigenvalue weighted by Gasteiger charge is -2.40. The second-order valence-electron chi connectivity index (χ2n) is 4.80. The molecule has 3 atom stereocenters. The number of rotatable bonds is 1. The zero-order valence-corrected chi connectivity index (χ0v) is 11.4. The molecule has 3 rings (SSSR count). The van der Waals surface area contributed by atoms with Gasteiger partial charge in [-0.3, -0.25) is 0 Å². The summed E-state index contributed by atoms with van der Waals surface area (Å²) >= 11 is 6.07. The molecule has 0 aliphatic heterocycles. The van der Waals surface area contributed by atoms with Crippen molar-refractivity contribution >= 4 is 24.0 Å². The Hall–Kier alpha value is -0.500. The fourth-order valence-electron chi connectivity index (χ4n) is 3.26. The van der Waals surface area contributed by atoms with Crippen molar-refractivity contribution in [1.29, 1.82) is 0 Å². The van der Waals surface area contributed by atoms with Gasteiger partial charge in [0.2, 0.25) is 0 Å². The molecule has 1 N–H and O–H groups in total. The van der Waals surface area contributed by atoms with Crippen molar-refractivity contribution in [2.75, 3.05) is 7.05 Å². The van der Waals surface area contributed by atoms with Crippen molar-refractivity contribution in [3.05, 3.63) is 46.5 Å². The van der Waals surface area contributed by atoms with E-state index in [-0.39, 0.29) is 12.4 Å². The maximum absolute atomic E-state index is 6.07. The topological polar surface area (TPSA) is 12.0 Å². The van der Waals surface area contributed by atoms with Crippen LogP contribution in [0.5, 0.6) is 0 Å². The van der Waals surface area contributed by atoms with Crippen molar-refractivity contribution in [2.45, 2.75) is 24.8 Å². The Balaban J connectivity index is 0.00000108. The van der Waals surface area contributed by atoms with Crippen LogP contribution in [-0.4, -0.2) is 13.1 Å². The molecule has 2 bridgehead atoms. The van der Waals surface area contributed by atoms with E-state index < -0.39 is 0 Å². The van der Waals surface area contributed by atoms with Crippen LogP contribution in [0.2, 0.25) is 5.02 Å². The predicted molar refractivity (Wildman–Crippen MR) is 75.2 cm³/mol. The molecule has 3 heteroatoms. The first-order valence-electron chi connectivity index (χ1n) is 5.92. The number of allylic oxidation sites excluding steroid dienone is 1. The first kappa shape index (κ1) is 12.9. The minimum atomic E-state index is 0. The third-order valence-electron chi connectivity index (χ3n) is 3.96. The number of hydrogen-bond acceptors (Lipinski definition) is 1. The van der Waals surface area contributed by atoms with Crippen LogP contribution in [-0.2, 0) is 6.42 Å². The van der Waals surface area contributed by atoms with E-state index in [4.69, 9.17) is 11.6 Å². The lowest BCUT2D eigenvalue weighted by Crippen LogP contribution is -2.44. The van der Waals surface area contributed by atoms with Gasteiger partial charge in [0.1, 0.15) is 0 Å². The largest absolute Gasteiger partial charge is 0.316 e. The van der Waals surface area contributed by atoms with Crippen LogP contribution in [0.1, 0.15) is 23.5 Å². The predicted octanol–water partition coefficient (Wildman–Crippen LogP) is 3.57. The van der Waals surface area contributed by atoms with Gasteiger partial charge >= 0.3 is 0 Å². The Morgan fingerprint density at radius 1 is 1.35 bits per heavy atom. The van der Waals surface area contributed by atoms with Gasteiger partial charge in [-0.25, -0.2) is 0 Å². The monoisotopic (exact) mass is 269 g/mol. The van der Waals surface area contributed by atoms with Gasteiger partial charge in [0.05, 0.1) is 0 Å². The minimum absolute atomic E-state index is 0. The molecular formula is C14H17Cl2N. The van der Waals surface area contributed by atoms with Crippen molar-refractivity contribution in [3.63, 3.8) is 0 Å². The fraction of sp³-hybridized carbons (Fsp3) is 0.429. The molecule has 0 saturated carbocycles. The van der Waals surface area contributed by atoms with Crippen molar-refractivity contribution in [3.8, 4) is 0 Å². The average molecular weight is 270 g/mol. The van der Waals surface area contributed by atoms with Gasteiger partial charge in [0.25, 0.3) is 0 Å². The summed E-state index contributed by atoms with van der Waals surface area (Å²) in [6.07, 6.45) is 6.97. The Bertz CT molecular complexity index is 442. The number of nitrogens with one attached hydrogen (secondary N) is 1. The first-order chi connectivity index (χ1) is 7.79. The fourth-order valence-corrected chi connectivity index (χ4v) is 3.46. The molecule has 0 unspecified atom stereocenters. The molecule has 0 heterocycles. The second kappa shape index (κ2) is 5.01. The van der Waals surface area contributed by atoms with E-state index in [9.17, 15) is 0 Å². The van der Waals surface area contributed by atoms with E-state index in [0.717, 1.165) is 17.9 Å². The Morgan fingerprint density at radius 3 is 2.94 bits per heavy atom. The summed E-state index contributed by atoms with van der Waals surface area (Å²) in [6, 6.07) is 6.97. The van der Waals surface area contributed by atoms with Crippen molar-refractivity contribution in [2.24, 2.45) is 5.92 Å². The SMILES string of the molecule is CN[C@H]1[C@@H]2C=CC[C@@H]1c1ccc(Cl)cc1C2.Cl. The molecular weight excluding hydrogens is 253 g/mol. The highest BCUT2D eigenvalue weighted by atomic mass is 35.5. The normalized spacial score (nSPS) is 29.4. The third-order valence-corrected chi connectivity index (χ3v) is 4.20. The molecule has 0 aromatic heterocycles. The van der Waals surface area contributed by atoms with Crippen LogP contribution in [0.4, 0.5) is 0 Å². The molecule has 2 aliphatic rings. The number of fused-ring (bicyclic) bond motifs is 4. The quantitative estimate of drug-likeness (QED) is 0.769. The molecule has 1 aromatic rings. The molecule has 1 nitrogen and oxygen atoms in total. The van der Waals surface area contributed by atoms with E-state index in [1.54, 1.807) is 0 Å². The number of likely N-dealkylation sites (N-methyl/N-ethyl adjacent to an activating group) is 1. The summed E-state index contributed by atoms with van der Waals surface area (Å²) in [5.74, 6) is 1.26. The zero-order valence-electron chi connectivity index (χ0n) is 9.82. The van der Waals surface area contributed by atoms with Gasteiger partial charge in [0.15, 0.2) is 0 Å². The van der Waals surface area contributed by atoms with Crippen molar-refractivity contribution in [1.82, 2.24) is 5.32 Å². The van der Waals surface area contributed by atoms with Gasteiger partial charge in [-0.1, -0.05) is 29.8 Å². The van der Waals surface area contributed by atoms with E-state index >= 15 is 0 Å². The van der Waals surface area contributed by atoms with E-state index in [1.165, 1.54) is 11.1 Å². The summed E-state index contributed by atoms with van der Waals surface area (Å²) in [5.41, 5.74) is 2.93. The lowest BCUT2D eigenvalue weighted by atomic mass is 9.69. The third kappa shape index (κ3) is 2.12. The molecule has 0 fully saturated rings. The Morgan fingerprint density at radius 2 is 2.18 bits per heavy atom. The zero-order chi connectivity index (χ0) is 11.1. The summed E-state index contributed by atoms with van der Waals surface area (Å²) in [7, 11) is 2.07. The Labute approximate surface area is 114 Å². The van der Waals surface area contributed by atoms with E-state index in [1.807, 2.05) is 6.07 Å². The van der Waals surface area contributed by atoms with Crippen LogP contribution < -0.4 is 5.32 Å². The summed E-state index contributed by atoms with van der Waals surface area (Å²) < 4.78 is 0. The summed E-state index contributed by atoms with van der Waals surface area (Å²) in [4.78, 5) is 0. The average Bonchev–Trinajstić information content (AvgIpc) is 2.28. The highest BCUT2D eigenvalue weighted by Gasteiger charge is 2.35. The maximum atomic E-state index is 6.07. The van der Waals surface area contributed by atoms with Crippen LogP contribution in [0.25, 0.3) is 0 Å². The number of hydrogen-bond donors (Lipinski definition) is 1. The smallest absolute Gasteiger partial charge is 0.0408 e. The molecule has 1 aromatic carbocycles. The highest BCUT2D eigenvalue weighted by molar-refractivity contribution is 6.30. The second-order valence-corrected chi connectivity index (χ2v) is 5.23. The van der Waals surface area contributed by atoms with Crippen LogP contribution in [0, 0.1) is 5.92 Å². The van der Waals surface area contributed by atoms with Crippen LogP contribution >= 0.6 is 24.0 Å². The molecule has 0 radical (unpaired) electrons.